The third kappa shape index (κ3) is 2.55. The highest BCUT2D eigenvalue weighted by Crippen LogP contribution is 2.20. The summed E-state index contributed by atoms with van der Waals surface area (Å²) in [7, 11) is 0. The van der Waals surface area contributed by atoms with Gasteiger partial charge in [-0.1, -0.05) is 29.8 Å². The molecule has 3 aromatic rings. The summed E-state index contributed by atoms with van der Waals surface area (Å²) in [6, 6.07) is 9.37. The number of hydrogen-bond acceptors (Lipinski definition) is 3. The number of nitrogens with two attached hydrogens (primary N) is 1. The van der Waals surface area contributed by atoms with Crippen LogP contribution in [0.25, 0.3) is 17.8 Å². The molecule has 0 aliphatic heterocycles. The first-order valence-corrected chi connectivity index (χ1v) is 7.04. The van der Waals surface area contributed by atoms with Crippen LogP contribution in [0, 0.1) is 0 Å². The van der Waals surface area contributed by atoms with Crippen LogP contribution in [0.3, 0.4) is 0 Å². The lowest BCUT2D eigenvalue weighted by atomic mass is 10.2. The van der Waals surface area contributed by atoms with Crippen LogP contribution in [-0.4, -0.2) is 14.6 Å². The zero-order chi connectivity index (χ0) is 14.1. The maximum absolute atomic E-state index is 5.90. The molecule has 0 radical (unpaired) electrons. The van der Waals surface area contributed by atoms with Gasteiger partial charge in [-0.05, 0) is 45.8 Å². The number of nitrogen functional groups attached to an aromatic ring is 1. The molecule has 0 bridgehead atoms. The summed E-state index contributed by atoms with van der Waals surface area (Å²) < 4.78 is 2.72. The van der Waals surface area contributed by atoms with Crippen LogP contribution < -0.4 is 5.73 Å². The minimum atomic E-state index is 0.581. The molecular formula is C14H10BrClN4. The molecule has 2 aromatic heterocycles. The van der Waals surface area contributed by atoms with Gasteiger partial charge in [0.2, 0.25) is 0 Å². The van der Waals surface area contributed by atoms with Gasteiger partial charge in [0, 0.05) is 15.7 Å². The van der Waals surface area contributed by atoms with Crippen LogP contribution in [0.2, 0.25) is 5.02 Å². The average molecular weight is 350 g/mol. The summed E-state index contributed by atoms with van der Waals surface area (Å²) in [6.45, 7) is 0. The molecule has 0 unspecified atom stereocenters. The molecule has 4 nitrogen and oxygen atoms in total. The van der Waals surface area contributed by atoms with E-state index >= 15 is 0 Å². The highest BCUT2D eigenvalue weighted by atomic mass is 79.9. The lowest BCUT2D eigenvalue weighted by molar-refractivity contribution is 1.07. The summed E-state index contributed by atoms with van der Waals surface area (Å²) in [5.41, 5.74) is 8.16. The second kappa shape index (κ2) is 5.26. The van der Waals surface area contributed by atoms with Gasteiger partial charge >= 0.3 is 0 Å². The number of fused-ring (bicyclic) bond motifs is 1. The summed E-state index contributed by atoms with van der Waals surface area (Å²) in [6.07, 6.45) is 5.71. The van der Waals surface area contributed by atoms with Gasteiger partial charge in [0.1, 0.15) is 0 Å². The van der Waals surface area contributed by atoms with E-state index < -0.39 is 0 Å². The topological polar surface area (TPSA) is 56.2 Å². The Labute approximate surface area is 129 Å². The molecule has 0 saturated carbocycles. The number of nitrogens with zero attached hydrogens (tertiary/aromatic N) is 3. The molecule has 2 N–H and O–H groups in total. The third-order valence-corrected chi connectivity index (χ3v) is 3.51. The van der Waals surface area contributed by atoms with Crippen molar-refractivity contribution in [2.45, 2.75) is 0 Å². The van der Waals surface area contributed by atoms with Crippen molar-refractivity contribution in [3.63, 3.8) is 0 Å². The van der Waals surface area contributed by atoms with Crippen molar-refractivity contribution in [1.82, 2.24) is 14.6 Å². The summed E-state index contributed by atoms with van der Waals surface area (Å²) >= 11 is 9.27. The predicted octanol–water partition coefficient (Wildman–Crippen LogP) is 3.90. The van der Waals surface area contributed by atoms with Crippen LogP contribution >= 0.6 is 27.5 Å². The SMILES string of the molecule is Nc1cc(Br)cn2c(/C=C/c3ccc(Cl)cc3)nnc12. The molecule has 0 spiro atoms. The maximum Gasteiger partial charge on any atom is 0.184 e. The van der Waals surface area contributed by atoms with Crippen molar-refractivity contribution in [1.29, 1.82) is 0 Å². The van der Waals surface area contributed by atoms with Crippen LogP contribution in [0.1, 0.15) is 11.4 Å². The number of anilines is 1. The minimum Gasteiger partial charge on any atom is -0.396 e. The van der Waals surface area contributed by atoms with Crippen molar-refractivity contribution in [2.24, 2.45) is 0 Å². The lowest BCUT2D eigenvalue weighted by Crippen LogP contribution is -1.94. The fourth-order valence-corrected chi connectivity index (χ4v) is 2.44. The molecule has 0 fully saturated rings. The zero-order valence-corrected chi connectivity index (χ0v) is 12.6. The molecule has 0 aliphatic carbocycles. The van der Waals surface area contributed by atoms with E-state index in [0.717, 1.165) is 10.0 Å². The Kier molecular flexibility index (Phi) is 3.46. The van der Waals surface area contributed by atoms with Crippen molar-refractivity contribution in [2.75, 3.05) is 5.73 Å². The Bertz CT molecular complexity index is 793. The highest BCUT2D eigenvalue weighted by Gasteiger charge is 2.06. The molecule has 20 heavy (non-hydrogen) atoms. The van der Waals surface area contributed by atoms with Gasteiger partial charge in [0.05, 0.1) is 5.69 Å². The second-order valence-corrected chi connectivity index (χ2v) is 5.60. The second-order valence-electron chi connectivity index (χ2n) is 4.25. The molecule has 6 heteroatoms. The van der Waals surface area contributed by atoms with E-state index in [1.807, 2.05) is 47.0 Å². The van der Waals surface area contributed by atoms with Gasteiger partial charge in [-0.2, -0.15) is 0 Å². The number of pyridine rings is 1. The predicted molar refractivity (Wildman–Crippen MR) is 85.5 cm³/mol. The van der Waals surface area contributed by atoms with Gasteiger partial charge in [-0.3, -0.25) is 4.40 Å². The largest absolute Gasteiger partial charge is 0.396 e. The molecular weight excluding hydrogens is 340 g/mol. The highest BCUT2D eigenvalue weighted by molar-refractivity contribution is 9.10. The first kappa shape index (κ1) is 13.1. The van der Waals surface area contributed by atoms with Crippen molar-refractivity contribution in [3.8, 4) is 0 Å². The minimum absolute atomic E-state index is 0.581. The average Bonchev–Trinajstić information content (AvgIpc) is 2.81. The molecule has 0 amide bonds. The van der Waals surface area contributed by atoms with E-state index in [4.69, 9.17) is 17.3 Å². The standard InChI is InChI=1S/C14H10BrClN4/c15-10-7-12(17)14-19-18-13(20(14)8-10)6-3-9-1-4-11(16)5-2-9/h1-8H,17H2/b6-3+. The molecule has 100 valence electrons. The molecule has 2 heterocycles. The van der Waals surface area contributed by atoms with Crippen LogP contribution in [0.15, 0.2) is 41.0 Å². The Morgan fingerprint density at radius 2 is 1.90 bits per heavy atom. The van der Waals surface area contributed by atoms with E-state index in [1.54, 1.807) is 6.07 Å². The molecule has 0 atom stereocenters. The Morgan fingerprint density at radius 3 is 2.65 bits per heavy atom. The quantitative estimate of drug-likeness (QED) is 0.763. The van der Waals surface area contributed by atoms with E-state index in [2.05, 4.69) is 26.1 Å². The van der Waals surface area contributed by atoms with Gasteiger partial charge in [0.25, 0.3) is 0 Å². The fraction of sp³-hybridized carbons (Fsp3) is 0. The van der Waals surface area contributed by atoms with Crippen LogP contribution in [0.4, 0.5) is 5.69 Å². The van der Waals surface area contributed by atoms with Crippen LogP contribution in [0.5, 0.6) is 0 Å². The summed E-state index contributed by atoms with van der Waals surface area (Å²) in [4.78, 5) is 0. The monoisotopic (exact) mass is 348 g/mol. The summed E-state index contributed by atoms with van der Waals surface area (Å²) in [5.74, 6) is 0.711. The Hall–Kier alpha value is -1.85. The number of rotatable bonds is 2. The fourth-order valence-electron chi connectivity index (χ4n) is 1.86. The maximum atomic E-state index is 5.90. The van der Waals surface area contributed by atoms with E-state index in [-0.39, 0.29) is 0 Å². The number of aromatic nitrogens is 3. The zero-order valence-electron chi connectivity index (χ0n) is 10.3. The smallest absolute Gasteiger partial charge is 0.184 e. The van der Waals surface area contributed by atoms with Gasteiger partial charge in [-0.15, -0.1) is 10.2 Å². The first-order valence-electron chi connectivity index (χ1n) is 5.87. The Morgan fingerprint density at radius 1 is 1.15 bits per heavy atom. The summed E-state index contributed by atoms with van der Waals surface area (Å²) in [5, 5.41) is 8.92. The van der Waals surface area contributed by atoms with E-state index in [1.165, 1.54) is 0 Å². The first-order chi connectivity index (χ1) is 9.63. The van der Waals surface area contributed by atoms with Crippen molar-refractivity contribution < 1.29 is 0 Å². The number of hydrogen-bond donors (Lipinski definition) is 1. The molecule has 0 aliphatic rings. The third-order valence-electron chi connectivity index (χ3n) is 2.82. The molecule has 0 saturated heterocycles. The van der Waals surface area contributed by atoms with E-state index in [9.17, 15) is 0 Å². The van der Waals surface area contributed by atoms with Gasteiger partial charge < -0.3 is 5.73 Å². The Balaban J connectivity index is 2.00. The lowest BCUT2D eigenvalue weighted by Gasteiger charge is -1.99. The van der Waals surface area contributed by atoms with Crippen molar-refractivity contribution >= 4 is 51.0 Å². The normalized spacial score (nSPS) is 11.5. The van der Waals surface area contributed by atoms with Crippen LogP contribution in [-0.2, 0) is 0 Å². The number of benzene rings is 1. The molecule has 3 rings (SSSR count). The van der Waals surface area contributed by atoms with Crippen molar-refractivity contribution in [3.05, 3.63) is 57.4 Å². The van der Waals surface area contributed by atoms with E-state index in [0.29, 0.717) is 22.2 Å². The molecule has 1 aromatic carbocycles. The van der Waals surface area contributed by atoms with Gasteiger partial charge in [-0.25, -0.2) is 0 Å². The van der Waals surface area contributed by atoms with Gasteiger partial charge in [0.15, 0.2) is 11.5 Å². The number of halogens is 2.